The fourth-order valence-electron chi connectivity index (χ4n) is 2.80. The molecule has 4 heteroatoms. The molecule has 1 saturated carbocycles. The van der Waals surface area contributed by atoms with Crippen molar-refractivity contribution >= 4 is 0 Å². The molecule has 1 aliphatic carbocycles. The number of rotatable bonds is 5. The van der Waals surface area contributed by atoms with E-state index in [1.54, 1.807) is 6.07 Å². The normalized spacial score (nSPS) is 14.3. The Balaban J connectivity index is 2.16. The minimum atomic E-state index is -0.593. The predicted octanol–water partition coefficient (Wildman–Crippen LogP) is 4.79. The molecule has 0 amide bonds. The Morgan fingerprint density at radius 1 is 1.13 bits per heavy atom. The molecule has 3 rings (SSSR count). The summed E-state index contributed by atoms with van der Waals surface area (Å²) in [5.74, 6) is -0.262. The van der Waals surface area contributed by atoms with Crippen LogP contribution in [0.1, 0.15) is 43.7 Å². The average Bonchev–Trinajstić information content (AvgIpc) is 3.31. The largest absolute Gasteiger partial charge is 0.491 e. The second kappa shape index (κ2) is 6.28. The molecule has 0 heterocycles. The summed E-state index contributed by atoms with van der Waals surface area (Å²) >= 11 is 0. The SMILES string of the molecule is CC(C)Oc1cc(-c2ccc(F)cc2F)c(C2CC2)cc1CO. The molecule has 0 radical (unpaired) electrons. The predicted molar refractivity (Wildman–Crippen MR) is 85.5 cm³/mol. The highest BCUT2D eigenvalue weighted by atomic mass is 19.1. The van der Waals surface area contributed by atoms with Crippen molar-refractivity contribution in [2.75, 3.05) is 0 Å². The molecule has 0 bridgehead atoms. The van der Waals surface area contributed by atoms with E-state index in [0.29, 0.717) is 22.8 Å². The number of aliphatic hydroxyl groups excluding tert-OH is 1. The van der Waals surface area contributed by atoms with Gasteiger partial charge in [-0.1, -0.05) is 0 Å². The van der Waals surface area contributed by atoms with Crippen LogP contribution in [-0.2, 0) is 6.61 Å². The number of halogens is 2. The fourth-order valence-corrected chi connectivity index (χ4v) is 2.80. The standard InChI is InChI=1S/C19H20F2O2/c1-11(2)23-19-9-17(15-6-5-14(20)8-18(15)21)16(12-3-4-12)7-13(19)10-22/h5-9,11-12,22H,3-4,10H2,1-2H3. The Hall–Kier alpha value is -1.94. The zero-order chi connectivity index (χ0) is 16.6. The van der Waals surface area contributed by atoms with Crippen molar-refractivity contribution in [3.05, 3.63) is 53.1 Å². The van der Waals surface area contributed by atoms with Crippen molar-refractivity contribution in [1.29, 1.82) is 0 Å². The Morgan fingerprint density at radius 2 is 1.87 bits per heavy atom. The Kier molecular flexibility index (Phi) is 4.35. The van der Waals surface area contributed by atoms with Gasteiger partial charge in [-0.25, -0.2) is 8.78 Å². The van der Waals surface area contributed by atoms with E-state index in [1.165, 1.54) is 12.1 Å². The zero-order valence-electron chi connectivity index (χ0n) is 13.3. The van der Waals surface area contributed by atoms with E-state index in [9.17, 15) is 13.9 Å². The molecule has 1 fully saturated rings. The summed E-state index contributed by atoms with van der Waals surface area (Å²) in [5, 5.41) is 9.61. The maximum absolute atomic E-state index is 14.2. The highest BCUT2D eigenvalue weighted by Gasteiger charge is 2.28. The summed E-state index contributed by atoms with van der Waals surface area (Å²) in [4.78, 5) is 0. The lowest BCUT2D eigenvalue weighted by molar-refractivity contribution is 0.225. The van der Waals surface area contributed by atoms with Crippen LogP contribution in [0.2, 0.25) is 0 Å². The van der Waals surface area contributed by atoms with Gasteiger partial charge >= 0.3 is 0 Å². The molecule has 0 aromatic heterocycles. The highest BCUT2D eigenvalue weighted by Crippen LogP contribution is 2.47. The van der Waals surface area contributed by atoms with Gasteiger partial charge in [-0.05, 0) is 68.0 Å². The minimum Gasteiger partial charge on any atom is -0.491 e. The summed E-state index contributed by atoms with van der Waals surface area (Å²) < 4.78 is 33.2. The summed E-state index contributed by atoms with van der Waals surface area (Å²) in [6.07, 6.45) is 2.04. The number of benzene rings is 2. The highest BCUT2D eigenvalue weighted by molar-refractivity contribution is 5.72. The molecule has 2 aromatic carbocycles. The molecule has 0 unspecified atom stereocenters. The van der Waals surface area contributed by atoms with Crippen molar-refractivity contribution in [1.82, 2.24) is 0 Å². The molecule has 0 spiro atoms. The van der Waals surface area contributed by atoms with E-state index in [1.807, 2.05) is 19.9 Å². The van der Waals surface area contributed by atoms with E-state index in [-0.39, 0.29) is 12.7 Å². The quantitative estimate of drug-likeness (QED) is 0.859. The zero-order valence-corrected chi connectivity index (χ0v) is 13.3. The third-order valence-corrected chi connectivity index (χ3v) is 4.00. The van der Waals surface area contributed by atoms with Crippen LogP contribution in [0.15, 0.2) is 30.3 Å². The molecule has 2 aromatic rings. The molecule has 122 valence electrons. The van der Waals surface area contributed by atoms with Gasteiger partial charge in [0.05, 0.1) is 12.7 Å². The lowest BCUT2D eigenvalue weighted by Gasteiger charge is -2.18. The number of aliphatic hydroxyl groups is 1. The van der Waals surface area contributed by atoms with Crippen LogP contribution >= 0.6 is 0 Å². The maximum atomic E-state index is 14.2. The molecular weight excluding hydrogens is 298 g/mol. The first kappa shape index (κ1) is 15.9. The first-order valence-corrected chi connectivity index (χ1v) is 7.89. The number of hydrogen-bond acceptors (Lipinski definition) is 2. The van der Waals surface area contributed by atoms with E-state index >= 15 is 0 Å². The van der Waals surface area contributed by atoms with Gasteiger partial charge in [-0.2, -0.15) is 0 Å². The van der Waals surface area contributed by atoms with Gasteiger partial charge in [0.15, 0.2) is 0 Å². The van der Waals surface area contributed by atoms with E-state index in [4.69, 9.17) is 4.74 Å². The summed E-state index contributed by atoms with van der Waals surface area (Å²) in [7, 11) is 0. The first-order chi connectivity index (χ1) is 11.0. The smallest absolute Gasteiger partial charge is 0.133 e. The van der Waals surface area contributed by atoms with E-state index < -0.39 is 11.6 Å². The molecule has 2 nitrogen and oxygen atoms in total. The topological polar surface area (TPSA) is 29.5 Å². The van der Waals surface area contributed by atoms with Gasteiger partial charge in [0, 0.05) is 17.2 Å². The molecule has 1 aliphatic rings. The van der Waals surface area contributed by atoms with Crippen molar-refractivity contribution in [2.24, 2.45) is 0 Å². The van der Waals surface area contributed by atoms with Crippen LogP contribution in [0.4, 0.5) is 8.78 Å². The lowest BCUT2D eigenvalue weighted by Crippen LogP contribution is -2.08. The molecular formula is C19H20F2O2. The number of ether oxygens (including phenoxy) is 1. The van der Waals surface area contributed by atoms with Crippen LogP contribution < -0.4 is 4.74 Å². The first-order valence-electron chi connectivity index (χ1n) is 7.89. The Labute approximate surface area is 134 Å². The van der Waals surface area contributed by atoms with Crippen LogP contribution in [0.25, 0.3) is 11.1 Å². The Morgan fingerprint density at radius 3 is 2.43 bits per heavy atom. The van der Waals surface area contributed by atoms with Crippen molar-refractivity contribution in [3.8, 4) is 16.9 Å². The van der Waals surface area contributed by atoms with Gasteiger partial charge in [-0.15, -0.1) is 0 Å². The molecule has 1 N–H and O–H groups in total. The summed E-state index contributed by atoms with van der Waals surface area (Å²) in [5.41, 5.74) is 2.78. The second-order valence-corrected chi connectivity index (χ2v) is 6.27. The van der Waals surface area contributed by atoms with Crippen LogP contribution in [0, 0.1) is 11.6 Å². The Bertz CT molecular complexity index is 722. The molecule has 0 saturated heterocycles. The van der Waals surface area contributed by atoms with Gasteiger partial charge in [-0.3, -0.25) is 0 Å². The monoisotopic (exact) mass is 318 g/mol. The molecule has 23 heavy (non-hydrogen) atoms. The van der Waals surface area contributed by atoms with Crippen LogP contribution in [0.3, 0.4) is 0 Å². The average molecular weight is 318 g/mol. The maximum Gasteiger partial charge on any atom is 0.133 e. The van der Waals surface area contributed by atoms with E-state index in [2.05, 4.69) is 0 Å². The third-order valence-electron chi connectivity index (χ3n) is 4.00. The van der Waals surface area contributed by atoms with Crippen molar-refractivity contribution in [2.45, 2.75) is 45.3 Å². The lowest BCUT2D eigenvalue weighted by atomic mass is 9.93. The third kappa shape index (κ3) is 3.37. The van der Waals surface area contributed by atoms with E-state index in [0.717, 1.165) is 30.0 Å². The van der Waals surface area contributed by atoms with Crippen molar-refractivity contribution in [3.63, 3.8) is 0 Å². The molecule has 0 aliphatic heterocycles. The van der Waals surface area contributed by atoms with Gasteiger partial charge in [0.1, 0.15) is 17.4 Å². The van der Waals surface area contributed by atoms with Gasteiger partial charge in [0.2, 0.25) is 0 Å². The van der Waals surface area contributed by atoms with Crippen LogP contribution in [-0.4, -0.2) is 11.2 Å². The van der Waals surface area contributed by atoms with Crippen molar-refractivity contribution < 1.29 is 18.6 Å². The second-order valence-electron chi connectivity index (χ2n) is 6.27. The van der Waals surface area contributed by atoms with Crippen LogP contribution in [0.5, 0.6) is 5.75 Å². The molecule has 0 atom stereocenters. The summed E-state index contributed by atoms with van der Waals surface area (Å²) in [6, 6.07) is 7.29. The number of hydrogen-bond donors (Lipinski definition) is 1. The van der Waals surface area contributed by atoms with Gasteiger partial charge in [0.25, 0.3) is 0 Å². The fraction of sp³-hybridized carbons (Fsp3) is 0.368. The summed E-state index contributed by atoms with van der Waals surface area (Å²) in [6.45, 7) is 3.66. The minimum absolute atomic E-state index is 0.0574. The van der Waals surface area contributed by atoms with Gasteiger partial charge < -0.3 is 9.84 Å².